The molecule has 2 aliphatic carbocycles. The molecular weight excluding hydrogens is 495 g/mol. The van der Waals surface area contributed by atoms with Crippen molar-refractivity contribution in [3.8, 4) is 0 Å². The Kier molecular flexibility index (Phi) is 6.30. The van der Waals surface area contributed by atoms with Crippen LogP contribution in [0.5, 0.6) is 0 Å². The molecule has 3 unspecified atom stereocenters. The predicted molar refractivity (Wildman–Crippen MR) is 126 cm³/mol. The van der Waals surface area contributed by atoms with E-state index in [1.54, 1.807) is 10.9 Å². The highest BCUT2D eigenvalue weighted by atomic mass is 127. The number of nitrogens with zero attached hydrogens (tertiary/aromatic N) is 5. The van der Waals surface area contributed by atoms with Crippen molar-refractivity contribution in [2.75, 3.05) is 37.7 Å². The number of guanidine groups is 1. The molecule has 166 valence electrons. The van der Waals surface area contributed by atoms with Crippen molar-refractivity contribution >= 4 is 41.5 Å². The lowest BCUT2D eigenvalue weighted by Crippen LogP contribution is -2.70. The largest absolute Gasteiger partial charge is 0.377 e. The maximum absolute atomic E-state index is 12.9. The van der Waals surface area contributed by atoms with Gasteiger partial charge in [0.1, 0.15) is 6.54 Å². The Bertz CT molecular complexity index is 805. The summed E-state index contributed by atoms with van der Waals surface area (Å²) in [4.78, 5) is 21.6. The molecule has 0 bridgehead atoms. The van der Waals surface area contributed by atoms with Crippen LogP contribution in [0.25, 0.3) is 0 Å². The topological polar surface area (TPSA) is 75.0 Å². The van der Waals surface area contributed by atoms with E-state index in [1.807, 2.05) is 18.1 Å². The molecule has 5 rings (SSSR count). The van der Waals surface area contributed by atoms with E-state index in [2.05, 4.69) is 22.2 Å². The molecule has 2 saturated heterocycles. The number of aliphatic imine (C=N–C) groups is 1. The molecular formula is C21H33IN6O2. The zero-order valence-electron chi connectivity index (χ0n) is 17.9. The van der Waals surface area contributed by atoms with Gasteiger partial charge in [0.25, 0.3) is 0 Å². The van der Waals surface area contributed by atoms with Gasteiger partial charge in [-0.1, -0.05) is 12.8 Å². The fourth-order valence-electron chi connectivity index (χ4n) is 6.10. The minimum absolute atomic E-state index is 0. The fraction of sp³-hybridized carbons (Fsp3) is 0.762. The van der Waals surface area contributed by atoms with Gasteiger partial charge < -0.3 is 19.9 Å². The normalized spacial score (nSPS) is 30.3. The van der Waals surface area contributed by atoms with Crippen LogP contribution < -0.4 is 10.2 Å². The van der Waals surface area contributed by atoms with Gasteiger partial charge in [-0.05, 0) is 26.2 Å². The summed E-state index contributed by atoms with van der Waals surface area (Å²) >= 11 is 0. The number of piperazine rings is 1. The van der Waals surface area contributed by atoms with E-state index in [1.165, 1.54) is 25.7 Å². The second kappa shape index (κ2) is 8.64. The average Bonchev–Trinajstić information content (AvgIpc) is 3.45. The third-order valence-electron chi connectivity index (χ3n) is 7.40. The third kappa shape index (κ3) is 3.51. The lowest BCUT2D eigenvalue weighted by atomic mass is 9.54. The Hall–Kier alpha value is -1.36. The predicted octanol–water partition coefficient (Wildman–Crippen LogP) is 2.00. The van der Waals surface area contributed by atoms with Crippen LogP contribution in [0.15, 0.2) is 17.4 Å². The van der Waals surface area contributed by atoms with Crippen LogP contribution in [0.1, 0.15) is 39.0 Å². The first-order valence-corrected chi connectivity index (χ1v) is 11.1. The summed E-state index contributed by atoms with van der Waals surface area (Å²) in [6.45, 7) is 5.44. The number of ether oxygens (including phenoxy) is 1. The molecule has 1 amide bonds. The standard InChI is InChI=1S/C21H32N6O2.HI/c1-3-22-20(24-18-16-6-11-29-19(16)21(18)7-4-5-8-21)26-9-10-27(17(28)14-26)15-12-23-25(2)13-15;/h12-13,16,18-19H,3-11,14H2,1-2H3,(H,22,24);1H. The molecule has 0 aromatic carbocycles. The molecule has 3 atom stereocenters. The molecule has 4 aliphatic rings. The highest BCUT2D eigenvalue weighted by Gasteiger charge is 2.65. The van der Waals surface area contributed by atoms with Crippen LogP contribution >= 0.6 is 24.0 Å². The van der Waals surface area contributed by atoms with Crippen LogP contribution in [0, 0.1) is 11.3 Å². The molecule has 30 heavy (non-hydrogen) atoms. The summed E-state index contributed by atoms with van der Waals surface area (Å²) in [6, 6.07) is 0.425. The summed E-state index contributed by atoms with van der Waals surface area (Å²) in [6.07, 6.45) is 10.3. The first-order chi connectivity index (χ1) is 14.1. The molecule has 1 N–H and O–H groups in total. The number of nitrogens with one attached hydrogen (secondary N) is 1. The number of hydrogen-bond acceptors (Lipinski definition) is 4. The second-order valence-electron chi connectivity index (χ2n) is 8.94. The maximum atomic E-state index is 12.9. The third-order valence-corrected chi connectivity index (χ3v) is 7.40. The number of hydrogen-bond donors (Lipinski definition) is 1. The van der Waals surface area contributed by atoms with Gasteiger partial charge in [0, 0.05) is 56.9 Å². The van der Waals surface area contributed by atoms with Crippen LogP contribution in [0.2, 0.25) is 0 Å². The van der Waals surface area contributed by atoms with E-state index in [-0.39, 0.29) is 35.3 Å². The van der Waals surface area contributed by atoms with E-state index in [4.69, 9.17) is 9.73 Å². The van der Waals surface area contributed by atoms with Gasteiger partial charge in [-0.15, -0.1) is 24.0 Å². The minimum Gasteiger partial charge on any atom is -0.377 e. The SMILES string of the molecule is CCN=C(NC1C2CCOC2C12CCCC2)N1CCN(c2cnn(C)c2)C(=O)C1.I. The van der Waals surface area contributed by atoms with Crippen molar-refractivity contribution in [1.82, 2.24) is 20.0 Å². The van der Waals surface area contributed by atoms with Gasteiger partial charge in [0.05, 0.1) is 18.0 Å². The number of carbonyl (C=O) groups excluding carboxylic acids is 1. The first-order valence-electron chi connectivity index (χ1n) is 11.1. The van der Waals surface area contributed by atoms with Crippen LogP contribution in [0.4, 0.5) is 5.69 Å². The summed E-state index contributed by atoms with van der Waals surface area (Å²) in [5.74, 6) is 1.58. The molecule has 1 aromatic heterocycles. The van der Waals surface area contributed by atoms with E-state index < -0.39 is 0 Å². The van der Waals surface area contributed by atoms with Crippen molar-refractivity contribution in [3.63, 3.8) is 0 Å². The Morgan fingerprint density at radius 3 is 2.83 bits per heavy atom. The van der Waals surface area contributed by atoms with E-state index >= 15 is 0 Å². The molecule has 2 aliphatic heterocycles. The number of rotatable bonds is 3. The number of fused-ring (bicyclic) bond motifs is 2. The van der Waals surface area contributed by atoms with Crippen molar-refractivity contribution in [3.05, 3.63) is 12.4 Å². The van der Waals surface area contributed by atoms with Crippen molar-refractivity contribution in [1.29, 1.82) is 0 Å². The van der Waals surface area contributed by atoms with Gasteiger partial charge in [-0.3, -0.25) is 14.5 Å². The zero-order chi connectivity index (χ0) is 20.0. The lowest BCUT2D eigenvalue weighted by Gasteiger charge is -2.57. The maximum Gasteiger partial charge on any atom is 0.246 e. The Balaban J connectivity index is 0.00000218. The number of amides is 1. The monoisotopic (exact) mass is 528 g/mol. The van der Waals surface area contributed by atoms with Gasteiger partial charge >= 0.3 is 0 Å². The molecule has 4 fully saturated rings. The van der Waals surface area contributed by atoms with Crippen molar-refractivity contribution in [2.45, 2.75) is 51.2 Å². The van der Waals surface area contributed by atoms with Gasteiger partial charge in [0.15, 0.2) is 5.96 Å². The highest BCUT2D eigenvalue weighted by molar-refractivity contribution is 14.0. The second-order valence-corrected chi connectivity index (χ2v) is 8.94. The van der Waals surface area contributed by atoms with Crippen LogP contribution in [0.3, 0.4) is 0 Å². The molecule has 3 heterocycles. The van der Waals surface area contributed by atoms with Gasteiger partial charge in [-0.2, -0.15) is 5.10 Å². The quantitative estimate of drug-likeness (QED) is 0.369. The highest BCUT2D eigenvalue weighted by Crippen LogP contribution is 2.60. The number of aryl methyl sites for hydroxylation is 1. The number of carbonyl (C=O) groups is 1. The summed E-state index contributed by atoms with van der Waals surface area (Å²) in [7, 11) is 1.87. The molecule has 9 heteroatoms. The Morgan fingerprint density at radius 2 is 2.17 bits per heavy atom. The summed E-state index contributed by atoms with van der Waals surface area (Å²) in [5.41, 5.74) is 1.14. The average molecular weight is 528 g/mol. The summed E-state index contributed by atoms with van der Waals surface area (Å²) < 4.78 is 7.86. The molecule has 1 spiro atoms. The fourth-order valence-corrected chi connectivity index (χ4v) is 6.10. The van der Waals surface area contributed by atoms with Gasteiger partial charge in [0.2, 0.25) is 5.91 Å². The molecule has 2 saturated carbocycles. The van der Waals surface area contributed by atoms with Crippen molar-refractivity contribution in [2.24, 2.45) is 23.4 Å². The molecule has 8 nitrogen and oxygen atoms in total. The number of aromatic nitrogens is 2. The van der Waals surface area contributed by atoms with E-state index in [0.29, 0.717) is 37.7 Å². The smallest absolute Gasteiger partial charge is 0.246 e. The van der Waals surface area contributed by atoms with Crippen LogP contribution in [-0.2, 0) is 16.6 Å². The van der Waals surface area contributed by atoms with Crippen LogP contribution in [-0.4, -0.2) is 71.5 Å². The first kappa shape index (κ1) is 21.9. The lowest BCUT2D eigenvalue weighted by molar-refractivity contribution is -0.126. The number of anilines is 1. The Morgan fingerprint density at radius 1 is 1.37 bits per heavy atom. The van der Waals surface area contributed by atoms with E-state index in [0.717, 1.165) is 31.2 Å². The van der Waals surface area contributed by atoms with Crippen molar-refractivity contribution < 1.29 is 9.53 Å². The number of halogens is 1. The minimum atomic E-state index is 0. The van der Waals surface area contributed by atoms with Gasteiger partial charge in [-0.25, -0.2) is 0 Å². The molecule has 0 radical (unpaired) electrons. The molecule has 1 aromatic rings. The summed E-state index contributed by atoms with van der Waals surface area (Å²) in [5, 5.41) is 8.02. The zero-order valence-corrected chi connectivity index (χ0v) is 20.2. The van der Waals surface area contributed by atoms with E-state index in [9.17, 15) is 4.79 Å². The Labute approximate surface area is 195 Å².